The molecule has 29 heavy (non-hydrogen) atoms. The monoisotopic (exact) mass is 394 g/mol. The summed E-state index contributed by atoms with van der Waals surface area (Å²) in [5.74, 6) is 0.422. The molecule has 2 aromatic rings. The lowest BCUT2D eigenvalue weighted by Crippen LogP contribution is -2.47. The average Bonchev–Trinajstić information content (AvgIpc) is 3.09. The molecule has 1 fully saturated rings. The summed E-state index contributed by atoms with van der Waals surface area (Å²) < 4.78 is 5.23. The minimum absolute atomic E-state index is 0.000807. The smallest absolute Gasteiger partial charge is 0.323 e. The van der Waals surface area contributed by atoms with Crippen LogP contribution < -0.4 is 15.4 Å². The molecule has 2 aliphatic heterocycles. The van der Waals surface area contributed by atoms with E-state index in [-0.39, 0.29) is 18.3 Å². The maximum absolute atomic E-state index is 12.6. The van der Waals surface area contributed by atoms with Crippen molar-refractivity contribution >= 4 is 29.1 Å². The first kappa shape index (κ1) is 18.9. The van der Waals surface area contributed by atoms with Crippen molar-refractivity contribution in [2.75, 3.05) is 50.5 Å². The molecule has 0 aromatic heterocycles. The van der Waals surface area contributed by atoms with Gasteiger partial charge in [0.2, 0.25) is 5.78 Å². The first-order chi connectivity index (χ1) is 14.0. The Labute approximate surface area is 168 Å². The number of nitrogens with one attached hydrogen (secondary N) is 2. The van der Waals surface area contributed by atoms with E-state index in [1.807, 2.05) is 11.9 Å². The third-order valence-electron chi connectivity index (χ3n) is 5.08. The summed E-state index contributed by atoms with van der Waals surface area (Å²) in [5.41, 5.74) is 2.13. The minimum Gasteiger partial charge on any atom is -0.485 e. The second-order valence-electron chi connectivity index (χ2n) is 7.17. The lowest BCUT2D eigenvalue weighted by atomic mass is 10.1. The number of urea groups is 1. The summed E-state index contributed by atoms with van der Waals surface area (Å²) >= 11 is 0. The van der Waals surface area contributed by atoms with Gasteiger partial charge in [0.05, 0.1) is 5.56 Å². The standard InChI is InChI=1S/C21H22N4O4/c1-24-8-10-25(11-9-24)20(27)14-2-4-15(5-3-14)22-21(28)23-16-6-7-19-17(12-16)18(26)13-29-19/h2-7,12H,8-11,13H2,1H3,(H2,22,23,28). The van der Waals surface area contributed by atoms with Crippen molar-refractivity contribution in [1.29, 1.82) is 0 Å². The van der Waals surface area contributed by atoms with Crippen molar-refractivity contribution in [2.24, 2.45) is 0 Å². The zero-order valence-electron chi connectivity index (χ0n) is 16.1. The van der Waals surface area contributed by atoms with E-state index in [4.69, 9.17) is 4.74 Å². The van der Waals surface area contributed by atoms with Crippen LogP contribution in [0.2, 0.25) is 0 Å². The van der Waals surface area contributed by atoms with Gasteiger partial charge in [-0.05, 0) is 49.5 Å². The van der Waals surface area contributed by atoms with Gasteiger partial charge in [-0.2, -0.15) is 0 Å². The zero-order chi connectivity index (χ0) is 20.4. The highest BCUT2D eigenvalue weighted by atomic mass is 16.5. The van der Waals surface area contributed by atoms with Crippen molar-refractivity contribution in [3.8, 4) is 5.75 Å². The van der Waals surface area contributed by atoms with Crippen LogP contribution in [0.4, 0.5) is 16.2 Å². The summed E-state index contributed by atoms with van der Waals surface area (Å²) in [6.07, 6.45) is 0. The van der Waals surface area contributed by atoms with Crippen LogP contribution in [0, 0.1) is 0 Å². The fraction of sp³-hybridized carbons (Fsp3) is 0.286. The molecule has 150 valence electrons. The first-order valence-electron chi connectivity index (χ1n) is 9.45. The lowest BCUT2D eigenvalue weighted by molar-refractivity contribution is 0.0664. The Bertz CT molecular complexity index is 950. The molecule has 2 N–H and O–H groups in total. The molecule has 0 spiro atoms. The molecule has 0 aliphatic carbocycles. The molecule has 0 saturated carbocycles. The topological polar surface area (TPSA) is 91.0 Å². The highest BCUT2D eigenvalue weighted by Crippen LogP contribution is 2.28. The number of amides is 3. The number of hydrogen-bond donors (Lipinski definition) is 2. The quantitative estimate of drug-likeness (QED) is 0.834. The summed E-state index contributed by atoms with van der Waals surface area (Å²) in [6.45, 7) is 3.19. The lowest BCUT2D eigenvalue weighted by Gasteiger charge is -2.32. The Morgan fingerprint density at radius 1 is 0.931 bits per heavy atom. The molecule has 3 amide bonds. The predicted octanol–water partition coefficient (Wildman–Crippen LogP) is 2.29. The van der Waals surface area contributed by atoms with Crippen molar-refractivity contribution < 1.29 is 19.1 Å². The van der Waals surface area contributed by atoms with E-state index in [1.54, 1.807) is 42.5 Å². The fourth-order valence-electron chi connectivity index (χ4n) is 3.35. The molecule has 2 heterocycles. The molecular formula is C21H22N4O4. The van der Waals surface area contributed by atoms with E-state index in [2.05, 4.69) is 15.5 Å². The minimum atomic E-state index is -0.436. The summed E-state index contributed by atoms with van der Waals surface area (Å²) in [4.78, 5) is 40.6. The van der Waals surface area contributed by atoms with E-state index in [9.17, 15) is 14.4 Å². The van der Waals surface area contributed by atoms with Crippen LogP contribution in [0.25, 0.3) is 0 Å². The number of ketones is 1. The Morgan fingerprint density at radius 3 is 2.31 bits per heavy atom. The fourth-order valence-corrected chi connectivity index (χ4v) is 3.35. The van der Waals surface area contributed by atoms with Gasteiger partial charge >= 0.3 is 6.03 Å². The third-order valence-corrected chi connectivity index (χ3v) is 5.08. The number of likely N-dealkylation sites (N-methyl/N-ethyl adjacent to an activating group) is 1. The maximum Gasteiger partial charge on any atom is 0.323 e. The number of rotatable bonds is 3. The van der Waals surface area contributed by atoms with Crippen LogP contribution in [0.1, 0.15) is 20.7 Å². The number of Topliss-reactive ketones (excluding diaryl/α,β-unsaturated/α-hetero) is 1. The molecule has 4 rings (SSSR count). The molecular weight excluding hydrogens is 372 g/mol. The van der Waals surface area contributed by atoms with E-state index in [1.165, 1.54) is 0 Å². The largest absolute Gasteiger partial charge is 0.485 e. The second-order valence-corrected chi connectivity index (χ2v) is 7.17. The number of benzene rings is 2. The molecule has 1 saturated heterocycles. The highest BCUT2D eigenvalue weighted by Gasteiger charge is 2.22. The van der Waals surface area contributed by atoms with Crippen LogP contribution in [-0.2, 0) is 0 Å². The van der Waals surface area contributed by atoms with Crippen molar-refractivity contribution in [2.45, 2.75) is 0 Å². The number of nitrogens with zero attached hydrogens (tertiary/aromatic N) is 2. The SMILES string of the molecule is CN1CCN(C(=O)c2ccc(NC(=O)Nc3ccc4c(c3)C(=O)CO4)cc2)CC1. The highest BCUT2D eigenvalue weighted by molar-refractivity contribution is 6.05. The number of carbonyl (C=O) groups excluding carboxylic acids is 3. The van der Waals surface area contributed by atoms with Gasteiger partial charge in [-0.25, -0.2) is 4.79 Å². The Balaban J connectivity index is 1.35. The number of piperazine rings is 1. The van der Waals surface area contributed by atoms with Gasteiger partial charge in [-0.3, -0.25) is 9.59 Å². The molecule has 2 aliphatic rings. The molecule has 0 unspecified atom stereocenters. The molecule has 8 nitrogen and oxygen atoms in total. The van der Waals surface area contributed by atoms with Crippen LogP contribution in [0.15, 0.2) is 42.5 Å². The van der Waals surface area contributed by atoms with E-state index in [0.29, 0.717) is 41.3 Å². The van der Waals surface area contributed by atoms with Crippen molar-refractivity contribution in [3.63, 3.8) is 0 Å². The second kappa shape index (κ2) is 7.92. The summed E-state index contributed by atoms with van der Waals surface area (Å²) in [6, 6.07) is 11.3. The Hall–Kier alpha value is -3.39. The van der Waals surface area contributed by atoms with Gasteiger partial charge in [-0.15, -0.1) is 0 Å². The number of hydrogen-bond acceptors (Lipinski definition) is 5. The summed E-state index contributed by atoms with van der Waals surface area (Å²) in [5, 5.41) is 5.42. The van der Waals surface area contributed by atoms with Crippen LogP contribution in [0.5, 0.6) is 5.75 Å². The van der Waals surface area contributed by atoms with E-state index >= 15 is 0 Å². The molecule has 0 atom stereocenters. The maximum atomic E-state index is 12.6. The predicted molar refractivity (Wildman–Crippen MR) is 109 cm³/mol. The van der Waals surface area contributed by atoms with E-state index in [0.717, 1.165) is 13.1 Å². The van der Waals surface area contributed by atoms with Gasteiger partial charge < -0.3 is 25.2 Å². The molecule has 0 radical (unpaired) electrons. The normalized spacial score (nSPS) is 16.2. The molecule has 2 aromatic carbocycles. The number of carbonyl (C=O) groups is 3. The van der Waals surface area contributed by atoms with Crippen molar-refractivity contribution in [3.05, 3.63) is 53.6 Å². The van der Waals surface area contributed by atoms with Crippen LogP contribution in [-0.4, -0.2) is 67.4 Å². The van der Waals surface area contributed by atoms with E-state index < -0.39 is 6.03 Å². The zero-order valence-corrected chi connectivity index (χ0v) is 16.1. The van der Waals surface area contributed by atoms with Gasteiger partial charge in [0.15, 0.2) is 6.61 Å². The Kier molecular flexibility index (Phi) is 5.18. The number of anilines is 2. The van der Waals surface area contributed by atoms with Gasteiger partial charge in [-0.1, -0.05) is 0 Å². The Morgan fingerprint density at radius 2 is 1.59 bits per heavy atom. The number of fused-ring (bicyclic) bond motifs is 1. The molecule has 8 heteroatoms. The van der Waals surface area contributed by atoms with Crippen molar-refractivity contribution in [1.82, 2.24) is 9.80 Å². The first-order valence-corrected chi connectivity index (χ1v) is 9.45. The summed E-state index contributed by atoms with van der Waals surface area (Å²) in [7, 11) is 2.04. The average molecular weight is 394 g/mol. The van der Waals surface area contributed by atoms with Crippen LogP contribution in [0.3, 0.4) is 0 Å². The third kappa shape index (κ3) is 4.22. The van der Waals surface area contributed by atoms with Gasteiger partial charge in [0.25, 0.3) is 5.91 Å². The van der Waals surface area contributed by atoms with Crippen LogP contribution >= 0.6 is 0 Å². The molecule has 0 bridgehead atoms. The van der Waals surface area contributed by atoms with Gasteiger partial charge in [0, 0.05) is 43.1 Å². The number of ether oxygens (including phenoxy) is 1. The van der Waals surface area contributed by atoms with Gasteiger partial charge in [0.1, 0.15) is 5.75 Å².